The molecule has 3 fully saturated rings. The number of carbonyl (C=O) groups excluding carboxylic acids is 10. The largest absolute Gasteiger partial charge is 0.508 e. The van der Waals surface area contributed by atoms with Crippen molar-refractivity contribution in [2.75, 3.05) is 13.7 Å². The monoisotopic (exact) mass is 1950 g/mol. The van der Waals surface area contributed by atoms with E-state index in [4.69, 9.17) is 88.9 Å². The number of likely N-dealkylation sites (N-methyl/N-ethyl adjacent to an activating group) is 1. The Morgan fingerprint density at radius 1 is 0.647 bits per heavy atom. The molecule has 0 aliphatic carbocycles. The topological polar surface area (TPSA) is 633 Å². The molecule has 8 heterocycles. The molecule has 8 aliphatic heterocycles. The number of carboxylic acid groups (broad SMARTS) is 1. The summed E-state index contributed by atoms with van der Waals surface area (Å²) in [4.78, 5) is 159. The molecule has 44 heteroatoms. The Bertz CT molecular complexity index is 5690. The summed E-state index contributed by atoms with van der Waals surface area (Å²) in [6.07, 6.45) is -27.9. The number of amides is 8. The second kappa shape index (κ2) is 42.7. The molecule has 3 saturated heterocycles. The third-order valence-electron chi connectivity index (χ3n) is 24.1. The molecule has 0 spiro atoms. The molecule has 7 aromatic rings. The summed E-state index contributed by atoms with van der Waals surface area (Å²) < 4.78 is 59.0. The van der Waals surface area contributed by atoms with Gasteiger partial charge in [-0.15, -0.1) is 0 Å². The number of aliphatic hydroxyl groups is 6. The van der Waals surface area contributed by atoms with Crippen LogP contribution in [-0.2, 0) is 87.7 Å². The van der Waals surface area contributed by atoms with Gasteiger partial charge in [-0.05, 0) is 153 Å². The van der Waals surface area contributed by atoms with Gasteiger partial charge >= 0.3 is 11.9 Å². The first kappa shape index (κ1) is 101. The average Bonchev–Trinajstić information content (AvgIpc) is 0.764. The molecule has 11 bridgehead atoms. The van der Waals surface area contributed by atoms with Gasteiger partial charge in [0.15, 0.2) is 48.7 Å². The lowest BCUT2D eigenvalue weighted by atomic mass is 9.84. The van der Waals surface area contributed by atoms with Crippen LogP contribution in [0.2, 0.25) is 15.1 Å². The zero-order valence-electron chi connectivity index (χ0n) is 74.0. The summed E-state index contributed by atoms with van der Waals surface area (Å²) in [6, 6.07) is 13.4. The van der Waals surface area contributed by atoms with Crippen LogP contribution < -0.4 is 73.5 Å². The van der Waals surface area contributed by atoms with Gasteiger partial charge in [0, 0.05) is 64.7 Å². The second-order valence-corrected chi connectivity index (χ2v) is 36.1. The summed E-state index contributed by atoms with van der Waals surface area (Å²) in [5, 5.41) is 140. The number of benzene rings is 7. The van der Waals surface area contributed by atoms with Crippen LogP contribution in [0.5, 0.6) is 46.0 Å². The zero-order valence-corrected chi connectivity index (χ0v) is 76.3. The van der Waals surface area contributed by atoms with Crippen molar-refractivity contribution in [2.45, 2.75) is 226 Å². The predicted molar refractivity (Wildman–Crippen MR) is 479 cm³/mol. The van der Waals surface area contributed by atoms with E-state index in [0.717, 1.165) is 83.4 Å². The number of fused-ring (bicyclic) bond motifs is 15. The maximum atomic E-state index is 16.7. The van der Waals surface area contributed by atoms with E-state index in [1.54, 1.807) is 32.9 Å². The van der Waals surface area contributed by atoms with Crippen molar-refractivity contribution in [3.05, 3.63) is 176 Å². The van der Waals surface area contributed by atoms with Gasteiger partial charge in [-0.3, -0.25) is 47.9 Å². The van der Waals surface area contributed by atoms with E-state index < -0.39 is 308 Å². The highest BCUT2D eigenvalue weighted by atomic mass is 35.5. The number of nitrogens with two attached hydrogens (primary N) is 2. The number of nitrogens with one attached hydrogen (secondary N) is 9. The molecule has 23 atom stereocenters. The van der Waals surface area contributed by atoms with Gasteiger partial charge in [0.25, 0.3) is 0 Å². The van der Waals surface area contributed by atoms with Crippen LogP contribution in [0.4, 0.5) is 0 Å². The molecule has 23 N–H and O–H groups in total. The third kappa shape index (κ3) is 23.3. The SMILES string of the molecule is CNC(CC(C)C)C(=O)NC1C(=O)NC(CC(N)=O)C(=O)NC2C(=O)NC3C(=O)NC(C(=O)N[C@@H](C(=O)O)c4cc(O)cc(O)c4-c4cc3ccc4O)[C@H](OC3C[C@](C)(N)C(O)C(C)O3)c3ccc(c(Cl)c3)Oc3cc2cc(c3OC2OC(COC(=O)CCC(=O)NC(O)C=O)C(O)C(O)C2OC2C[C@@](C)(NCc3ccc(-c4ccc(Cl)cc4)cc3)C(O)C(C)O2)Oc2ccc(cc2Cl)[C@@H]1O. The number of carbonyl (C=O) groups is 11. The lowest BCUT2D eigenvalue weighted by Crippen LogP contribution is -2.65. The van der Waals surface area contributed by atoms with Crippen LogP contribution >= 0.6 is 34.8 Å². The fraction of sp³-hybridized carbons (Fsp3) is 0.424. The van der Waals surface area contributed by atoms with Crippen LogP contribution in [-0.4, -0.2) is 239 Å². The molecule has 15 rings (SSSR count). The van der Waals surface area contributed by atoms with Crippen molar-refractivity contribution < 1.29 is 146 Å². The van der Waals surface area contributed by atoms with E-state index in [9.17, 15) is 79.8 Å². The first-order chi connectivity index (χ1) is 64.4. The summed E-state index contributed by atoms with van der Waals surface area (Å²) >= 11 is 21.0. The quantitative estimate of drug-likeness (QED) is 0.0221. The number of esters is 1. The minimum atomic E-state index is -2.48. The molecule has 7 aromatic carbocycles. The number of aromatic hydroxyl groups is 3. The maximum absolute atomic E-state index is 16.7. The molecule has 0 aromatic heterocycles. The Balaban J connectivity index is 1.03. The Labute approximate surface area is 791 Å². The normalized spacial score (nSPS) is 28.4. The Morgan fingerprint density at radius 3 is 1.87 bits per heavy atom. The summed E-state index contributed by atoms with van der Waals surface area (Å²) in [5.41, 5.74) is 9.08. The van der Waals surface area contributed by atoms with Gasteiger partial charge in [-0.25, -0.2) is 4.79 Å². The van der Waals surface area contributed by atoms with Crippen LogP contribution in [0, 0.1) is 5.92 Å². The molecule has 0 saturated carbocycles. The number of aliphatic hydroxyl groups excluding tert-OH is 6. The average molecular weight is 1950 g/mol. The molecule has 8 amide bonds. The van der Waals surface area contributed by atoms with E-state index in [-0.39, 0.29) is 49.1 Å². The lowest BCUT2D eigenvalue weighted by Gasteiger charge is -2.48. The highest BCUT2D eigenvalue weighted by Gasteiger charge is 2.54. The van der Waals surface area contributed by atoms with Crippen LogP contribution in [0.1, 0.15) is 144 Å². The molecule has 41 nitrogen and oxygen atoms in total. The fourth-order valence-corrected chi connectivity index (χ4v) is 17.5. The molecule has 18 unspecified atom stereocenters. The number of halogens is 3. The van der Waals surface area contributed by atoms with E-state index in [0.29, 0.717) is 5.02 Å². The van der Waals surface area contributed by atoms with Crippen molar-refractivity contribution in [3.63, 3.8) is 0 Å². The van der Waals surface area contributed by atoms with Gasteiger partial charge in [-0.1, -0.05) is 103 Å². The van der Waals surface area contributed by atoms with Crippen molar-refractivity contribution >= 4 is 100 Å². The summed E-state index contributed by atoms with van der Waals surface area (Å²) in [5.74, 6) is -19.1. The first-order valence-electron chi connectivity index (χ1n) is 43.2. The van der Waals surface area contributed by atoms with Crippen molar-refractivity contribution in [1.29, 1.82) is 0 Å². The maximum Gasteiger partial charge on any atom is 0.330 e. The van der Waals surface area contributed by atoms with Crippen LogP contribution in [0.15, 0.2) is 127 Å². The van der Waals surface area contributed by atoms with Crippen molar-refractivity contribution in [1.82, 2.24) is 47.9 Å². The molecule has 728 valence electrons. The van der Waals surface area contributed by atoms with Gasteiger partial charge in [0.1, 0.15) is 96.1 Å². The number of hydrogen-bond donors (Lipinski definition) is 21. The van der Waals surface area contributed by atoms with Crippen LogP contribution in [0.3, 0.4) is 0 Å². The number of rotatable bonds is 25. The number of phenolic OH excluding ortho intramolecular Hbond substituents is 3. The van der Waals surface area contributed by atoms with Gasteiger partial charge < -0.3 is 153 Å². The van der Waals surface area contributed by atoms with E-state index in [1.165, 1.54) is 40.0 Å². The van der Waals surface area contributed by atoms with E-state index in [1.807, 2.05) is 41.7 Å². The van der Waals surface area contributed by atoms with Gasteiger partial charge in [0.2, 0.25) is 59.3 Å². The predicted octanol–water partition coefficient (Wildman–Crippen LogP) is 3.46. The van der Waals surface area contributed by atoms with Crippen molar-refractivity contribution in [3.8, 4) is 68.2 Å². The first-order valence-corrected chi connectivity index (χ1v) is 44.4. The highest BCUT2D eigenvalue weighted by Crippen LogP contribution is 2.51. The van der Waals surface area contributed by atoms with E-state index in [2.05, 4.69) is 42.5 Å². The number of phenols is 3. The molecular weight excluding hydrogens is 1850 g/mol. The lowest BCUT2D eigenvalue weighted by molar-refractivity contribution is -0.335. The third-order valence-corrected chi connectivity index (χ3v) is 25.0. The number of carboxylic acids is 1. The summed E-state index contributed by atoms with van der Waals surface area (Å²) in [7, 11) is 1.46. The number of hydrogen-bond acceptors (Lipinski definition) is 32. The molecular formula is C92H104Cl3N11O30. The Morgan fingerprint density at radius 2 is 1.25 bits per heavy atom. The molecule has 8 aliphatic rings. The number of aldehydes is 1. The van der Waals surface area contributed by atoms with E-state index >= 15 is 24.0 Å². The number of primary amides is 1. The number of aliphatic carboxylic acids is 1. The zero-order chi connectivity index (χ0) is 98.5. The van der Waals surface area contributed by atoms with Gasteiger partial charge in [-0.2, -0.15) is 0 Å². The Hall–Kier alpha value is -12.0. The Kier molecular flexibility index (Phi) is 31.9. The minimum absolute atomic E-state index is 0.0122. The molecule has 136 heavy (non-hydrogen) atoms. The second-order valence-electron chi connectivity index (χ2n) is 34.9. The number of ether oxygens (including phenoxy) is 9. The van der Waals surface area contributed by atoms with Gasteiger partial charge in [0.05, 0.1) is 53.3 Å². The van der Waals surface area contributed by atoms with Crippen LogP contribution in [0.25, 0.3) is 22.3 Å². The fourth-order valence-electron chi connectivity index (χ4n) is 16.9. The smallest absolute Gasteiger partial charge is 0.330 e. The van der Waals surface area contributed by atoms with Crippen molar-refractivity contribution in [2.24, 2.45) is 17.4 Å². The molecule has 0 radical (unpaired) electrons. The standard InChI is InChI=1S/C92H104Cl3N11O30/c1-38(2)24-54(98-7)83(120)105-73-75(115)45-15-20-58(52(94)26-45)131-60-28-47-29-61(79(60)136-90-80(77(117)76(116)62(133-90)37-128-66(114)23-22-64(112)101-65(113)36-107)135-68-34-92(6,82(119)40(4)130-68)99-35-41-8-10-42(11-9-41)43-12-17-48(93)18-13-43)132-59-21-16-46(27-53(59)95)78(134-67-33-91(5,97)81(118)39(3)129-67)74-88(125)104-72(89(126)127)51-30-49(108)31-57(110)69(51)50-25-44(14-19-56(50)109)70(85(122)106-74)103-86(123)71(47)102-84(121)55(32-63(96)111)100-87(73)124/h8-21,25-31,36,38-40,54-55,62,65,67-68,70-78,80-82,90,98-99,108-110,113,115-119H,22-24,32-35,37,97H2,1-7H3,(H2,96,111)(H,100,124)(H,101,112)(H,102,121)(H,103,123)(H,104,125)(H,105,120)(H,106,122)(H,126,127)/t39?,40?,54?,55?,62?,65?,67?,68?,70?,71?,72-,73?,74?,75+,76?,77?,78-,80?,81?,82?,90?,91+,92-/m1/s1. The summed E-state index contributed by atoms with van der Waals surface area (Å²) in [6.45, 7) is 8.84. The highest BCUT2D eigenvalue weighted by molar-refractivity contribution is 6.32. The minimum Gasteiger partial charge on any atom is -0.508 e.